The molecule has 1 aromatic heterocycles. The van der Waals surface area contributed by atoms with E-state index < -0.39 is 23.0 Å². The van der Waals surface area contributed by atoms with Gasteiger partial charge in [-0.25, -0.2) is 13.2 Å². The molecule has 4 aliphatic rings. The van der Waals surface area contributed by atoms with Crippen molar-refractivity contribution in [2.45, 2.75) is 64.1 Å². The van der Waals surface area contributed by atoms with Crippen LogP contribution in [0.25, 0.3) is 32.8 Å². The van der Waals surface area contributed by atoms with Gasteiger partial charge in [-0.3, -0.25) is 4.90 Å². The topological polar surface area (TPSA) is 73.8 Å². The second kappa shape index (κ2) is 11.3. The number of aromatic nitrogens is 2. The molecule has 4 aromatic rings. The molecule has 3 aliphatic heterocycles. The molecule has 0 spiro atoms. The Labute approximate surface area is 272 Å². The number of nitrogens with one attached hydrogen (secondary N) is 1. The van der Waals surface area contributed by atoms with Gasteiger partial charge in [0.05, 0.1) is 17.7 Å². The van der Waals surface area contributed by atoms with Crippen molar-refractivity contribution in [3.05, 3.63) is 53.3 Å². The third-order valence-corrected chi connectivity index (χ3v) is 11.0. The summed E-state index contributed by atoms with van der Waals surface area (Å²) in [5, 5.41) is 14.9. The zero-order chi connectivity index (χ0) is 32.6. The lowest BCUT2D eigenvalue weighted by molar-refractivity contribution is 0.00500. The molecule has 0 amide bonds. The highest BCUT2D eigenvalue weighted by Gasteiger charge is 2.43. The molecule has 1 aliphatic carbocycles. The van der Waals surface area contributed by atoms with E-state index >= 15 is 8.78 Å². The molecule has 47 heavy (non-hydrogen) atoms. The average Bonchev–Trinajstić information content (AvgIpc) is 3.85. The fourth-order valence-corrected chi connectivity index (χ4v) is 8.02. The summed E-state index contributed by atoms with van der Waals surface area (Å²) in [6.45, 7) is 8.09. The van der Waals surface area contributed by atoms with Crippen LogP contribution in [0.4, 0.5) is 19.0 Å². The van der Waals surface area contributed by atoms with Crippen LogP contribution >= 0.6 is 0 Å². The second-order valence-corrected chi connectivity index (χ2v) is 14.3. The van der Waals surface area contributed by atoms with Crippen molar-refractivity contribution in [1.82, 2.24) is 20.2 Å². The van der Waals surface area contributed by atoms with Crippen LogP contribution in [0.15, 0.2) is 30.3 Å². The lowest BCUT2D eigenvalue weighted by Gasteiger charge is -2.45. The molecule has 1 saturated carbocycles. The molecule has 2 bridgehead atoms. The summed E-state index contributed by atoms with van der Waals surface area (Å²) >= 11 is 0. The summed E-state index contributed by atoms with van der Waals surface area (Å²) in [6, 6.07) is 7.61. The largest absolute Gasteiger partial charge is 0.508 e. The number of ether oxygens (including phenoxy) is 1. The fourth-order valence-electron chi connectivity index (χ4n) is 8.02. The lowest BCUT2D eigenvalue weighted by Crippen LogP contribution is -2.51. The van der Waals surface area contributed by atoms with Gasteiger partial charge in [-0.2, -0.15) is 9.97 Å². The summed E-state index contributed by atoms with van der Waals surface area (Å²) < 4.78 is 54.5. The van der Waals surface area contributed by atoms with Crippen LogP contribution in [0.2, 0.25) is 0 Å². The van der Waals surface area contributed by atoms with Crippen molar-refractivity contribution >= 4 is 27.5 Å². The molecule has 0 radical (unpaired) electrons. The molecule has 8 rings (SSSR count). The standard InChI is InChI=1S/C37H38F3N5O2/c1-4-26-29(38)10-5-21-13-25(46)14-27(31(21)26)32-30(39)15-28-34(33(32)40)42-36(43-35(28)45-16-22-6-7-23(17-45)41-22)47-19-37(3)18-44(24-8-9-24)12-11-20(37)2/h1,5,10,13-15,20,22-24,41,46H,6-9,11-12,16-19H2,2-3H3/t20-,22-,23+,37-/m0/s1. The Hall–Kier alpha value is -4.07. The molecule has 7 nitrogen and oxygen atoms in total. The van der Waals surface area contributed by atoms with Crippen molar-refractivity contribution in [3.8, 4) is 35.2 Å². The summed E-state index contributed by atoms with van der Waals surface area (Å²) in [5.74, 6) is 0.365. The van der Waals surface area contributed by atoms with Crippen LogP contribution in [0.5, 0.6) is 11.8 Å². The minimum Gasteiger partial charge on any atom is -0.508 e. The maximum absolute atomic E-state index is 16.9. The van der Waals surface area contributed by atoms with E-state index in [1.807, 2.05) is 0 Å². The van der Waals surface area contributed by atoms with Crippen LogP contribution in [0.1, 0.15) is 51.5 Å². The Bertz CT molecular complexity index is 1950. The number of hydrogen-bond donors (Lipinski definition) is 2. The van der Waals surface area contributed by atoms with Crippen LogP contribution in [-0.4, -0.2) is 70.9 Å². The maximum atomic E-state index is 16.9. The number of halogens is 3. The Kier molecular flexibility index (Phi) is 7.26. The predicted octanol–water partition coefficient (Wildman–Crippen LogP) is 6.38. The highest BCUT2D eigenvalue weighted by molar-refractivity contribution is 6.04. The van der Waals surface area contributed by atoms with Crippen LogP contribution in [0.3, 0.4) is 0 Å². The van der Waals surface area contributed by atoms with Gasteiger partial charge in [0.15, 0.2) is 5.82 Å². The maximum Gasteiger partial charge on any atom is 0.319 e. The molecular weight excluding hydrogens is 603 g/mol. The SMILES string of the molecule is C#Cc1c(F)ccc2cc(O)cc(-c3c(F)cc4c(N5C[C@H]6CC[C@@H](C5)N6)nc(OC[C@]5(C)CN(C6CC6)CC[C@@H]5C)nc4c3F)c12. The number of terminal acetylenes is 1. The third-order valence-electron chi connectivity index (χ3n) is 11.0. The first kappa shape index (κ1) is 30.3. The number of piperidine rings is 1. The van der Waals surface area contributed by atoms with Crippen molar-refractivity contribution in [2.24, 2.45) is 11.3 Å². The van der Waals surface area contributed by atoms with Crippen molar-refractivity contribution < 1.29 is 23.0 Å². The fraction of sp³-hybridized carbons (Fsp3) is 0.459. The van der Waals surface area contributed by atoms with Gasteiger partial charge in [0, 0.05) is 59.5 Å². The van der Waals surface area contributed by atoms with Gasteiger partial charge in [-0.15, -0.1) is 6.42 Å². The minimum atomic E-state index is -0.956. The zero-order valence-corrected chi connectivity index (χ0v) is 26.6. The van der Waals surface area contributed by atoms with Crippen LogP contribution < -0.4 is 15.0 Å². The first-order chi connectivity index (χ1) is 22.6. The van der Waals surface area contributed by atoms with Gasteiger partial charge in [-0.05, 0) is 74.2 Å². The first-order valence-electron chi connectivity index (χ1n) is 16.6. The summed E-state index contributed by atoms with van der Waals surface area (Å²) in [7, 11) is 0. The van der Waals surface area contributed by atoms with Gasteiger partial charge >= 0.3 is 6.01 Å². The second-order valence-electron chi connectivity index (χ2n) is 14.3. The number of fused-ring (bicyclic) bond motifs is 4. The predicted molar refractivity (Wildman–Crippen MR) is 176 cm³/mol. The number of piperazine rings is 1. The molecule has 4 fully saturated rings. The molecule has 3 aromatic carbocycles. The smallest absolute Gasteiger partial charge is 0.319 e. The molecule has 4 heterocycles. The lowest BCUT2D eigenvalue weighted by atomic mass is 9.74. The van der Waals surface area contributed by atoms with E-state index in [4.69, 9.17) is 16.1 Å². The van der Waals surface area contributed by atoms with Crippen molar-refractivity contribution in [1.29, 1.82) is 0 Å². The van der Waals surface area contributed by atoms with Crippen LogP contribution in [-0.2, 0) is 0 Å². The molecule has 2 N–H and O–H groups in total. The van der Waals surface area contributed by atoms with Crippen molar-refractivity contribution in [3.63, 3.8) is 0 Å². The molecule has 0 unspecified atom stereocenters. The Balaban J connectivity index is 1.27. The first-order valence-corrected chi connectivity index (χ1v) is 16.6. The van der Waals surface area contributed by atoms with E-state index in [9.17, 15) is 9.50 Å². The van der Waals surface area contributed by atoms with Crippen molar-refractivity contribution in [2.75, 3.05) is 37.7 Å². The van der Waals surface area contributed by atoms with E-state index in [2.05, 4.69) is 39.9 Å². The Morgan fingerprint density at radius 1 is 1.04 bits per heavy atom. The average molecular weight is 642 g/mol. The van der Waals surface area contributed by atoms with Gasteiger partial charge in [-0.1, -0.05) is 25.8 Å². The van der Waals surface area contributed by atoms with Crippen LogP contribution in [0, 0.1) is 41.1 Å². The number of hydrogen-bond acceptors (Lipinski definition) is 7. The van der Waals surface area contributed by atoms with Gasteiger partial charge in [0.25, 0.3) is 0 Å². The number of rotatable bonds is 6. The number of phenols is 1. The van der Waals surface area contributed by atoms with Gasteiger partial charge < -0.3 is 20.1 Å². The van der Waals surface area contributed by atoms with Gasteiger partial charge in [0.2, 0.25) is 0 Å². The highest BCUT2D eigenvalue weighted by Crippen LogP contribution is 2.43. The molecular formula is C37H38F3N5O2. The van der Waals surface area contributed by atoms with E-state index in [0.717, 1.165) is 32.4 Å². The number of anilines is 1. The monoisotopic (exact) mass is 641 g/mol. The zero-order valence-electron chi connectivity index (χ0n) is 26.6. The number of phenolic OH excluding ortho intramolecular Hbond substituents is 1. The number of nitrogens with zero attached hydrogens (tertiary/aromatic N) is 4. The third kappa shape index (κ3) is 5.24. The minimum absolute atomic E-state index is 0.0305. The van der Waals surface area contributed by atoms with E-state index in [0.29, 0.717) is 42.9 Å². The Morgan fingerprint density at radius 2 is 1.81 bits per heavy atom. The van der Waals surface area contributed by atoms with E-state index in [-0.39, 0.29) is 56.7 Å². The molecule has 244 valence electrons. The van der Waals surface area contributed by atoms with E-state index in [1.165, 1.54) is 43.2 Å². The molecule has 3 saturated heterocycles. The van der Waals surface area contributed by atoms with Gasteiger partial charge in [0.1, 0.15) is 28.7 Å². The number of likely N-dealkylation sites (tertiary alicyclic amines) is 1. The highest BCUT2D eigenvalue weighted by atomic mass is 19.1. The summed E-state index contributed by atoms with van der Waals surface area (Å²) in [5.41, 5.74) is -0.921. The van der Waals surface area contributed by atoms with E-state index in [1.54, 1.807) is 0 Å². The summed E-state index contributed by atoms with van der Waals surface area (Å²) in [4.78, 5) is 14.0. The number of aromatic hydroxyl groups is 1. The summed E-state index contributed by atoms with van der Waals surface area (Å²) in [6.07, 6.45) is 11.2. The normalized spacial score (nSPS) is 26.2. The molecule has 10 heteroatoms. The number of benzene rings is 3. The molecule has 4 atom stereocenters. The Morgan fingerprint density at radius 3 is 2.53 bits per heavy atom. The quantitative estimate of drug-likeness (QED) is 0.237.